The second kappa shape index (κ2) is 5.64. The van der Waals surface area contributed by atoms with E-state index in [1.807, 2.05) is 35.0 Å². The second-order valence-corrected chi connectivity index (χ2v) is 9.06. The standard InChI is InChI=1S/C17H18ClN2O2P/c18-13-8-9-16(21)17(11-13)23(22)19-10-4-7-15(19)12-20(23)14-5-2-1-3-6-14/h1-3,5-6,8-9,11,15,21H,4,7,10,12H2/t15-,23?/m0/s1. The number of phenols is 1. The zero-order valence-corrected chi connectivity index (χ0v) is 14.3. The summed E-state index contributed by atoms with van der Waals surface area (Å²) in [5, 5.41) is 11.3. The number of halogens is 1. The van der Waals surface area contributed by atoms with E-state index in [0.717, 1.165) is 25.1 Å². The molecule has 0 radical (unpaired) electrons. The molecule has 2 aromatic rings. The third-order valence-electron chi connectivity index (χ3n) is 4.71. The molecular formula is C17H18ClN2O2P. The number of anilines is 1. The summed E-state index contributed by atoms with van der Waals surface area (Å²) in [5.41, 5.74) is 0.921. The minimum Gasteiger partial charge on any atom is -0.642 e. The van der Waals surface area contributed by atoms with Crippen molar-refractivity contribution in [2.45, 2.75) is 18.9 Å². The lowest BCUT2D eigenvalue weighted by atomic mass is 10.2. The number of aromatic hydroxyl groups is 1. The summed E-state index contributed by atoms with van der Waals surface area (Å²) >= 11 is 6.12. The number of hydrogen-bond acceptors (Lipinski definition) is 4. The number of benzene rings is 2. The SMILES string of the molecule is [O-][P+]1(c2cc(Cl)ccc2O)N(c2ccccc2)C[C@@H]2CCCN21. The summed E-state index contributed by atoms with van der Waals surface area (Å²) in [6.07, 6.45) is 2.08. The molecule has 2 aliphatic rings. The highest BCUT2D eigenvalue weighted by molar-refractivity contribution is 7.76. The second-order valence-electron chi connectivity index (χ2n) is 6.05. The molecule has 2 saturated heterocycles. The number of para-hydroxylation sites is 1. The van der Waals surface area contributed by atoms with E-state index in [4.69, 9.17) is 11.6 Å². The van der Waals surface area contributed by atoms with Gasteiger partial charge >= 0.3 is 0 Å². The van der Waals surface area contributed by atoms with Crippen LogP contribution in [0.3, 0.4) is 0 Å². The summed E-state index contributed by atoms with van der Waals surface area (Å²) in [6.45, 7) is 1.50. The van der Waals surface area contributed by atoms with Crippen LogP contribution in [0, 0.1) is 0 Å². The fraction of sp³-hybridized carbons (Fsp3) is 0.294. The summed E-state index contributed by atoms with van der Waals surface area (Å²) < 4.78 is 4.04. The molecule has 0 bridgehead atoms. The number of fused-ring (bicyclic) bond motifs is 1. The molecule has 1 unspecified atom stereocenters. The Labute approximate surface area is 141 Å². The first-order valence-corrected chi connectivity index (χ1v) is 9.79. The molecule has 4 rings (SSSR count). The van der Waals surface area contributed by atoms with Gasteiger partial charge in [-0.05, 0) is 37.1 Å². The number of hydrogen-bond donors (Lipinski definition) is 1. The highest BCUT2D eigenvalue weighted by Gasteiger charge is 2.57. The van der Waals surface area contributed by atoms with E-state index in [-0.39, 0.29) is 11.8 Å². The van der Waals surface area contributed by atoms with Gasteiger partial charge in [-0.3, -0.25) is 0 Å². The van der Waals surface area contributed by atoms with Gasteiger partial charge in [0.15, 0.2) is 18.8 Å². The zero-order valence-electron chi connectivity index (χ0n) is 12.6. The van der Waals surface area contributed by atoms with Gasteiger partial charge in [-0.2, -0.15) is 4.67 Å². The van der Waals surface area contributed by atoms with Crippen LogP contribution in [0.1, 0.15) is 12.8 Å². The van der Waals surface area contributed by atoms with Crippen molar-refractivity contribution >= 4 is 30.4 Å². The quantitative estimate of drug-likeness (QED) is 0.848. The molecular weight excluding hydrogens is 331 g/mol. The fourth-order valence-electron chi connectivity index (χ4n) is 3.67. The van der Waals surface area contributed by atoms with E-state index in [1.54, 1.807) is 12.1 Å². The van der Waals surface area contributed by atoms with Crippen LogP contribution in [0.25, 0.3) is 0 Å². The largest absolute Gasteiger partial charge is 0.642 e. The summed E-state index contributed by atoms with van der Waals surface area (Å²) in [7, 11) is -3.09. The van der Waals surface area contributed by atoms with Gasteiger partial charge in [0.05, 0.1) is 18.3 Å². The van der Waals surface area contributed by atoms with Crippen LogP contribution in [0.15, 0.2) is 48.5 Å². The van der Waals surface area contributed by atoms with Crippen molar-refractivity contribution in [3.8, 4) is 5.75 Å². The van der Waals surface area contributed by atoms with Crippen LogP contribution in [-0.4, -0.2) is 28.9 Å². The predicted molar refractivity (Wildman–Crippen MR) is 93.2 cm³/mol. The summed E-state index contributed by atoms with van der Waals surface area (Å²) in [5.74, 6) is 0.0474. The first-order valence-electron chi connectivity index (χ1n) is 7.80. The van der Waals surface area contributed by atoms with Crippen LogP contribution in [-0.2, 0) is 0 Å². The van der Waals surface area contributed by atoms with Gasteiger partial charge in [0.2, 0.25) is 0 Å². The third kappa shape index (κ3) is 2.33. The lowest BCUT2D eigenvalue weighted by Gasteiger charge is -2.39. The van der Waals surface area contributed by atoms with Crippen molar-refractivity contribution in [1.82, 2.24) is 4.67 Å². The molecule has 0 aromatic heterocycles. The number of rotatable bonds is 2. The Balaban J connectivity index is 1.88. The van der Waals surface area contributed by atoms with Gasteiger partial charge in [-0.15, -0.1) is 0 Å². The van der Waals surface area contributed by atoms with E-state index in [1.165, 1.54) is 6.07 Å². The number of nitrogens with zero attached hydrogens (tertiary/aromatic N) is 2. The molecule has 2 aliphatic heterocycles. The molecule has 0 saturated carbocycles. The molecule has 4 nitrogen and oxygen atoms in total. The lowest BCUT2D eigenvalue weighted by molar-refractivity contribution is -0.176. The van der Waals surface area contributed by atoms with E-state index in [0.29, 0.717) is 16.9 Å². The van der Waals surface area contributed by atoms with Crippen molar-refractivity contribution in [2.24, 2.45) is 0 Å². The average Bonchev–Trinajstić information content (AvgIpc) is 3.13. The normalized spacial score (nSPS) is 27.4. The van der Waals surface area contributed by atoms with Crippen molar-refractivity contribution in [3.63, 3.8) is 0 Å². The van der Waals surface area contributed by atoms with Gasteiger partial charge in [0.25, 0.3) is 0 Å². The van der Waals surface area contributed by atoms with Crippen molar-refractivity contribution in [3.05, 3.63) is 53.6 Å². The third-order valence-corrected chi connectivity index (χ3v) is 8.20. The van der Waals surface area contributed by atoms with Crippen LogP contribution < -0.4 is 14.9 Å². The predicted octanol–water partition coefficient (Wildman–Crippen LogP) is 2.78. The highest BCUT2D eigenvalue weighted by Crippen LogP contribution is 2.66. The molecule has 2 fully saturated rings. The topological polar surface area (TPSA) is 49.8 Å². The van der Waals surface area contributed by atoms with Crippen LogP contribution in [0.2, 0.25) is 5.02 Å². The van der Waals surface area contributed by atoms with Gasteiger partial charge < -0.3 is 10.00 Å². The van der Waals surface area contributed by atoms with Crippen LogP contribution >= 0.6 is 19.4 Å². The fourth-order valence-corrected chi connectivity index (χ4v) is 7.31. The van der Waals surface area contributed by atoms with E-state index in [2.05, 4.69) is 4.67 Å². The zero-order chi connectivity index (χ0) is 16.0. The van der Waals surface area contributed by atoms with E-state index < -0.39 is 7.79 Å². The Kier molecular flexibility index (Phi) is 3.73. The molecule has 23 heavy (non-hydrogen) atoms. The van der Waals surface area contributed by atoms with Gasteiger partial charge in [-0.1, -0.05) is 29.8 Å². The molecule has 120 valence electrons. The lowest BCUT2D eigenvalue weighted by Crippen LogP contribution is -2.41. The number of phenolic OH excluding ortho intramolecular Hbond substituents is 1. The Hall–Kier alpha value is -1.32. The molecule has 0 amide bonds. The first kappa shape index (κ1) is 15.2. The van der Waals surface area contributed by atoms with Crippen molar-refractivity contribution in [1.29, 1.82) is 0 Å². The van der Waals surface area contributed by atoms with E-state index >= 15 is 0 Å². The smallest absolute Gasteiger partial charge is 0.173 e. The van der Waals surface area contributed by atoms with Crippen LogP contribution in [0.4, 0.5) is 5.69 Å². The Morgan fingerprint density at radius 1 is 1.17 bits per heavy atom. The average molecular weight is 349 g/mol. The Morgan fingerprint density at radius 2 is 1.96 bits per heavy atom. The molecule has 2 aromatic carbocycles. The first-order chi connectivity index (χ1) is 11.1. The van der Waals surface area contributed by atoms with Crippen molar-refractivity contribution < 1.29 is 10.00 Å². The van der Waals surface area contributed by atoms with E-state index in [9.17, 15) is 10.00 Å². The molecule has 2 heterocycles. The Bertz CT molecular complexity index is 730. The molecule has 0 spiro atoms. The maximum Gasteiger partial charge on any atom is 0.173 e. The molecule has 1 N–H and O–H groups in total. The molecule has 6 heteroatoms. The van der Waals surface area contributed by atoms with Gasteiger partial charge in [-0.25, -0.2) is 4.67 Å². The highest BCUT2D eigenvalue weighted by atomic mass is 35.5. The maximum absolute atomic E-state index is 14.2. The molecule has 0 aliphatic carbocycles. The summed E-state index contributed by atoms with van der Waals surface area (Å²) in [4.78, 5) is 14.2. The molecule has 2 atom stereocenters. The summed E-state index contributed by atoms with van der Waals surface area (Å²) in [6, 6.07) is 14.8. The monoisotopic (exact) mass is 348 g/mol. The minimum atomic E-state index is -3.09. The van der Waals surface area contributed by atoms with Gasteiger partial charge in [0, 0.05) is 17.6 Å². The Morgan fingerprint density at radius 3 is 2.74 bits per heavy atom. The van der Waals surface area contributed by atoms with Gasteiger partial charge in [0.1, 0.15) is 0 Å². The minimum absolute atomic E-state index is 0.0474. The van der Waals surface area contributed by atoms with Crippen molar-refractivity contribution in [2.75, 3.05) is 17.8 Å². The maximum atomic E-state index is 14.2. The van der Waals surface area contributed by atoms with Crippen LogP contribution in [0.5, 0.6) is 5.75 Å².